The number of aryl methyl sites for hydroxylation is 1. The Morgan fingerprint density at radius 2 is 1.94 bits per heavy atom. The molecule has 3 atom stereocenters. The summed E-state index contributed by atoms with van der Waals surface area (Å²) in [5.74, 6) is -5.46. The van der Waals surface area contributed by atoms with E-state index in [9.17, 15) is 36.3 Å². The van der Waals surface area contributed by atoms with E-state index in [1.165, 1.54) is 23.9 Å². The van der Waals surface area contributed by atoms with Crippen LogP contribution in [0.5, 0.6) is 0 Å². The molecule has 1 heterocycles. The highest BCUT2D eigenvalue weighted by molar-refractivity contribution is 6.31. The number of ketones is 1. The number of anilines is 1. The third kappa shape index (κ3) is 4.32. The molecule has 0 saturated heterocycles. The van der Waals surface area contributed by atoms with Crippen LogP contribution in [-0.4, -0.2) is 53.5 Å². The molecule has 7 nitrogen and oxygen atoms in total. The maximum absolute atomic E-state index is 13.6. The fourth-order valence-electron chi connectivity index (χ4n) is 3.75. The van der Waals surface area contributed by atoms with Crippen LogP contribution in [0.1, 0.15) is 28.9 Å². The number of aromatic nitrogens is 1. The number of methoxy groups -OCH3 is 1. The summed E-state index contributed by atoms with van der Waals surface area (Å²) in [6.07, 6.45) is -3.43. The van der Waals surface area contributed by atoms with Gasteiger partial charge in [-0.3, -0.25) is 14.9 Å². The lowest BCUT2D eigenvalue weighted by atomic mass is 9.99. The number of rotatable bonds is 8. The number of nitrogens with one attached hydrogen (secondary N) is 2. The number of aldehydes is 1. The molecule has 184 valence electrons. The zero-order valence-corrected chi connectivity index (χ0v) is 18.8. The van der Waals surface area contributed by atoms with Gasteiger partial charge in [0.25, 0.3) is 5.91 Å². The number of halogens is 6. The van der Waals surface area contributed by atoms with Crippen LogP contribution in [-0.2, 0) is 21.4 Å². The molecule has 1 aliphatic rings. The predicted octanol–water partition coefficient (Wildman–Crippen LogP) is 3.37. The van der Waals surface area contributed by atoms with E-state index in [1.54, 1.807) is 0 Å². The molecule has 13 heteroatoms. The van der Waals surface area contributed by atoms with Crippen LogP contribution in [0.2, 0.25) is 5.02 Å². The number of alkyl halides is 3. The van der Waals surface area contributed by atoms with E-state index in [2.05, 4.69) is 15.4 Å². The molecule has 0 aliphatic heterocycles. The van der Waals surface area contributed by atoms with E-state index >= 15 is 0 Å². The third-order valence-electron chi connectivity index (χ3n) is 5.60. The van der Waals surface area contributed by atoms with Crippen molar-refractivity contribution in [3.8, 4) is 0 Å². The van der Waals surface area contributed by atoms with Crippen molar-refractivity contribution in [3.05, 3.63) is 52.3 Å². The van der Waals surface area contributed by atoms with Crippen molar-refractivity contribution in [2.75, 3.05) is 19.0 Å². The van der Waals surface area contributed by atoms with E-state index < -0.39 is 58.1 Å². The first kappa shape index (κ1) is 25.8. The number of Topliss-reactive ketones (excluding diaryl/α,β-unsaturated/α-hetero) is 1. The van der Waals surface area contributed by atoms with Gasteiger partial charge in [0, 0.05) is 32.1 Å². The van der Waals surface area contributed by atoms with Crippen molar-refractivity contribution in [2.24, 2.45) is 7.05 Å². The van der Waals surface area contributed by atoms with Crippen LogP contribution in [0.4, 0.5) is 27.6 Å². The number of ether oxygens (including phenoxy) is 1. The average Bonchev–Trinajstić information content (AvgIpc) is 3.09. The lowest BCUT2D eigenvalue weighted by Crippen LogP contribution is -2.63. The molecule has 2 N–H and O–H groups in total. The number of nitrogens with zero attached hydrogens (tertiary/aromatic N) is 1. The second-order valence-corrected chi connectivity index (χ2v) is 8.56. The molecule has 1 aromatic heterocycles. The Balaban J connectivity index is 1.87. The smallest absolute Gasteiger partial charge is 0.382 e. The summed E-state index contributed by atoms with van der Waals surface area (Å²) in [4.78, 5) is 37.0. The van der Waals surface area contributed by atoms with Gasteiger partial charge in [-0.2, -0.15) is 13.2 Å². The van der Waals surface area contributed by atoms with Gasteiger partial charge in [0.2, 0.25) is 0 Å². The summed E-state index contributed by atoms with van der Waals surface area (Å²) < 4.78 is 73.7. The van der Waals surface area contributed by atoms with Crippen LogP contribution in [0.3, 0.4) is 0 Å². The molecule has 1 fully saturated rings. The van der Waals surface area contributed by atoms with Gasteiger partial charge in [-0.1, -0.05) is 11.6 Å². The first-order chi connectivity index (χ1) is 15.7. The Bertz CT molecular complexity index is 1140. The standard InChI is InChI=1S/C21H19ClF5N3O4/c1-19(9-34-3,21(25,26)27)29-20(8-31)15(17(20)32)10-4-14(30(2)7-10)18(33)28-11-5-12(22)16(24)13(23)6-11/h4-8,15,29H,9H2,1-3H3,(H,28,33). The minimum Gasteiger partial charge on any atom is -0.382 e. The molecule has 0 spiro atoms. The number of benzene rings is 1. The highest BCUT2D eigenvalue weighted by atomic mass is 35.5. The molecule has 1 aromatic carbocycles. The Labute approximate surface area is 195 Å². The number of carbonyl (C=O) groups is 3. The lowest BCUT2D eigenvalue weighted by molar-refractivity contribution is -0.206. The summed E-state index contributed by atoms with van der Waals surface area (Å²) in [5.41, 5.74) is -4.96. The zero-order chi connectivity index (χ0) is 25.6. The Kier molecular flexibility index (Phi) is 6.64. The molecule has 2 aromatic rings. The maximum Gasteiger partial charge on any atom is 0.408 e. The first-order valence-corrected chi connectivity index (χ1v) is 10.1. The second-order valence-electron chi connectivity index (χ2n) is 8.15. The van der Waals surface area contributed by atoms with Gasteiger partial charge < -0.3 is 19.4 Å². The minimum absolute atomic E-state index is 0.0640. The van der Waals surface area contributed by atoms with E-state index in [1.807, 2.05) is 0 Å². The summed E-state index contributed by atoms with van der Waals surface area (Å²) in [7, 11) is 2.47. The highest BCUT2D eigenvalue weighted by Crippen LogP contribution is 2.49. The van der Waals surface area contributed by atoms with E-state index in [0.717, 1.165) is 20.1 Å². The zero-order valence-electron chi connectivity index (χ0n) is 18.0. The molecule has 1 aliphatic carbocycles. The molecule has 1 saturated carbocycles. The number of carbonyl (C=O) groups excluding carboxylic acids is 3. The fourth-order valence-corrected chi connectivity index (χ4v) is 3.96. The lowest BCUT2D eigenvalue weighted by Gasteiger charge is -2.34. The van der Waals surface area contributed by atoms with Crippen LogP contribution in [0.15, 0.2) is 24.4 Å². The summed E-state index contributed by atoms with van der Waals surface area (Å²) in [6.45, 7) is -0.0907. The molecular weight excluding hydrogens is 489 g/mol. The van der Waals surface area contributed by atoms with Crippen molar-refractivity contribution in [1.82, 2.24) is 9.88 Å². The quantitative estimate of drug-likeness (QED) is 0.247. The monoisotopic (exact) mass is 507 g/mol. The van der Waals surface area contributed by atoms with E-state index in [0.29, 0.717) is 6.07 Å². The van der Waals surface area contributed by atoms with E-state index in [-0.39, 0.29) is 23.2 Å². The molecule has 34 heavy (non-hydrogen) atoms. The first-order valence-electron chi connectivity index (χ1n) is 9.68. The van der Waals surface area contributed by atoms with Crippen molar-refractivity contribution in [2.45, 2.75) is 30.1 Å². The maximum atomic E-state index is 13.6. The minimum atomic E-state index is -4.85. The van der Waals surface area contributed by atoms with Gasteiger partial charge >= 0.3 is 6.18 Å². The van der Waals surface area contributed by atoms with Gasteiger partial charge in [0.15, 0.2) is 17.4 Å². The summed E-state index contributed by atoms with van der Waals surface area (Å²) in [5, 5.41) is 3.87. The van der Waals surface area contributed by atoms with E-state index in [4.69, 9.17) is 11.6 Å². The van der Waals surface area contributed by atoms with Crippen molar-refractivity contribution >= 4 is 35.3 Å². The van der Waals surface area contributed by atoms with Crippen molar-refractivity contribution in [1.29, 1.82) is 0 Å². The molecule has 0 bridgehead atoms. The topological polar surface area (TPSA) is 89.4 Å². The number of hydrogen-bond acceptors (Lipinski definition) is 5. The van der Waals surface area contributed by atoms with Gasteiger partial charge in [-0.05, 0) is 24.6 Å². The third-order valence-corrected chi connectivity index (χ3v) is 5.88. The molecular formula is C21H19ClF5N3O4. The SMILES string of the molecule is COCC(C)(NC1(C=O)C(=O)C1c1cc(C(=O)Nc2cc(F)c(F)c(Cl)c2)n(C)c1)C(F)(F)F. The van der Waals surface area contributed by atoms with Gasteiger partial charge in [0.1, 0.15) is 23.1 Å². The largest absolute Gasteiger partial charge is 0.408 e. The molecule has 0 radical (unpaired) electrons. The van der Waals surface area contributed by atoms with Crippen LogP contribution < -0.4 is 10.6 Å². The summed E-state index contributed by atoms with van der Waals surface area (Å²) >= 11 is 5.57. The molecule has 1 amide bonds. The summed E-state index contributed by atoms with van der Waals surface area (Å²) in [6, 6.07) is 2.91. The highest BCUT2D eigenvalue weighted by Gasteiger charge is 2.70. The van der Waals surface area contributed by atoms with Crippen molar-refractivity contribution in [3.63, 3.8) is 0 Å². The predicted molar refractivity (Wildman–Crippen MR) is 111 cm³/mol. The van der Waals surface area contributed by atoms with Gasteiger partial charge in [-0.15, -0.1) is 0 Å². The van der Waals surface area contributed by atoms with Crippen LogP contribution in [0.25, 0.3) is 0 Å². The normalized spacial score (nSPS) is 21.8. The fraction of sp³-hybridized carbons (Fsp3) is 0.381. The second kappa shape index (κ2) is 8.75. The number of hydrogen-bond donors (Lipinski definition) is 2. The Morgan fingerprint density at radius 3 is 2.47 bits per heavy atom. The Hall–Kier alpha value is -2.83. The average molecular weight is 508 g/mol. The Morgan fingerprint density at radius 1 is 1.29 bits per heavy atom. The van der Waals surface area contributed by atoms with Crippen LogP contribution >= 0.6 is 11.6 Å². The van der Waals surface area contributed by atoms with Gasteiger partial charge in [0.05, 0.1) is 17.5 Å². The van der Waals surface area contributed by atoms with Crippen LogP contribution in [0, 0.1) is 11.6 Å². The molecule has 3 rings (SSSR count). The van der Waals surface area contributed by atoms with Crippen molar-refractivity contribution < 1.29 is 41.1 Å². The molecule has 3 unspecified atom stereocenters. The number of amides is 1. The van der Waals surface area contributed by atoms with Gasteiger partial charge in [-0.25, -0.2) is 8.78 Å².